The number of hydrogen-bond donors (Lipinski definition) is 2. The van der Waals surface area contributed by atoms with E-state index >= 15 is 0 Å². The molecular formula is C14H17N4O3S+. The summed E-state index contributed by atoms with van der Waals surface area (Å²) >= 11 is 1.51. The van der Waals surface area contributed by atoms with Crippen LogP contribution in [-0.2, 0) is 16.1 Å². The Kier molecular flexibility index (Phi) is 3.65. The molecule has 0 saturated carbocycles. The van der Waals surface area contributed by atoms with Crippen LogP contribution in [0.15, 0.2) is 23.7 Å². The Morgan fingerprint density at radius 3 is 2.73 bits per heavy atom. The average Bonchev–Trinajstić information content (AvgIpc) is 2.44. The summed E-state index contributed by atoms with van der Waals surface area (Å²) in [5.41, 5.74) is 8.25. The van der Waals surface area contributed by atoms with Gasteiger partial charge in [-0.05, 0) is 13.8 Å². The van der Waals surface area contributed by atoms with Crippen LogP contribution in [0, 0.1) is 13.8 Å². The van der Waals surface area contributed by atoms with Crippen molar-refractivity contribution in [1.82, 2.24) is 9.88 Å². The van der Waals surface area contributed by atoms with Gasteiger partial charge >= 0.3 is 5.97 Å². The number of aliphatic carboxylic acids is 1. The van der Waals surface area contributed by atoms with Gasteiger partial charge in [0.05, 0.1) is 0 Å². The van der Waals surface area contributed by atoms with Crippen molar-refractivity contribution in [3.63, 3.8) is 0 Å². The molecule has 3 heterocycles. The summed E-state index contributed by atoms with van der Waals surface area (Å²) in [5, 5.41) is 9.24. The number of nitrogens with zero attached hydrogens (tertiary/aromatic N) is 3. The van der Waals surface area contributed by atoms with Crippen molar-refractivity contribution >= 4 is 23.6 Å². The maximum absolute atomic E-state index is 11.9. The predicted octanol–water partition coefficient (Wildman–Crippen LogP) is -0.433. The summed E-state index contributed by atoms with van der Waals surface area (Å²) in [6.07, 6.45) is 3.72. The lowest BCUT2D eigenvalue weighted by Crippen LogP contribution is -2.68. The molecule has 0 spiro atoms. The van der Waals surface area contributed by atoms with E-state index in [0.717, 1.165) is 11.4 Å². The summed E-state index contributed by atoms with van der Waals surface area (Å²) in [7, 11) is 0. The molecule has 3 N–H and O–H groups in total. The number of carbonyl (C=O) groups excluding carboxylic acids is 1. The van der Waals surface area contributed by atoms with Crippen LogP contribution in [0.2, 0.25) is 0 Å². The van der Waals surface area contributed by atoms with Crippen molar-refractivity contribution in [3.05, 3.63) is 35.1 Å². The van der Waals surface area contributed by atoms with Gasteiger partial charge in [-0.3, -0.25) is 9.69 Å². The van der Waals surface area contributed by atoms with Crippen molar-refractivity contribution in [3.8, 4) is 0 Å². The van der Waals surface area contributed by atoms with E-state index in [9.17, 15) is 14.7 Å². The number of aryl methyl sites for hydroxylation is 2. The fourth-order valence-corrected chi connectivity index (χ4v) is 4.15. The lowest BCUT2D eigenvalue weighted by atomic mass is 10.0. The molecule has 1 unspecified atom stereocenters. The maximum Gasteiger partial charge on any atom is 0.352 e. The molecule has 0 radical (unpaired) electrons. The maximum atomic E-state index is 11.9. The fourth-order valence-electron chi connectivity index (χ4n) is 2.87. The lowest BCUT2D eigenvalue weighted by Gasteiger charge is -2.47. The SMILES string of the molecule is Cc1c[n+](CC2=C(C(=O)O)N3C(=O)C(N)[C@@H]3SC2)cc(C)n1. The normalized spacial score (nSPS) is 24.1. The van der Waals surface area contributed by atoms with Gasteiger partial charge in [-0.25, -0.2) is 9.78 Å². The van der Waals surface area contributed by atoms with Gasteiger partial charge in [-0.2, -0.15) is 4.57 Å². The van der Waals surface area contributed by atoms with E-state index in [4.69, 9.17) is 5.73 Å². The molecule has 2 aliphatic heterocycles. The van der Waals surface area contributed by atoms with Crippen LogP contribution >= 0.6 is 11.8 Å². The highest BCUT2D eigenvalue weighted by Crippen LogP contribution is 2.39. The van der Waals surface area contributed by atoms with E-state index in [1.165, 1.54) is 16.7 Å². The van der Waals surface area contributed by atoms with Crippen LogP contribution in [0.3, 0.4) is 0 Å². The highest BCUT2D eigenvalue weighted by atomic mass is 32.2. The Hall–Kier alpha value is -1.93. The first-order chi connectivity index (χ1) is 10.4. The molecule has 22 heavy (non-hydrogen) atoms. The highest BCUT2D eigenvalue weighted by Gasteiger charge is 2.52. The Bertz CT molecular complexity index is 683. The second-order valence-corrected chi connectivity index (χ2v) is 6.62. The Balaban J connectivity index is 1.96. The number of aromatic nitrogens is 2. The third kappa shape index (κ3) is 2.38. The molecule has 7 nitrogen and oxygen atoms in total. The number of β-lactam (4-membered cyclic amide) rings is 1. The number of carboxylic acid groups (broad SMARTS) is 1. The van der Waals surface area contributed by atoms with Crippen LogP contribution in [0.4, 0.5) is 0 Å². The predicted molar refractivity (Wildman–Crippen MR) is 79.6 cm³/mol. The summed E-state index contributed by atoms with van der Waals surface area (Å²) in [4.78, 5) is 29.1. The Labute approximate surface area is 131 Å². The third-order valence-corrected chi connectivity index (χ3v) is 5.08. The molecule has 3 rings (SSSR count). The molecule has 2 atom stereocenters. The summed E-state index contributed by atoms with van der Waals surface area (Å²) in [5.74, 6) is -0.847. The van der Waals surface area contributed by atoms with E-state index in [1.807, 2.05) is 30.8 Å². The zero-order chi connectivity index (χ0) is 16.0. The van der Waals surface area contributed by atoms with Crippen molar-refractivity contribution in [2.45, 2.75) is 31.8 Å². The minimum atomic E-state index is -1.08. The highest BCUT2D eigenvalue weighted by molar-refractivity contribution is 8.00. The Morgan fingerprint density at radius 1 is 1.50 bits per heavy atom. The number of carbonyl (C=O) groups is 2. The van der Waals surface area contributed by atoms with Crippen LogP contribution < -0.4 is 10.3 Å². The second-order valence-electron chi connectivity index (χ2n) is 5.52. The number of fused-ring (bicyclic) bond motifs is 1. The lowest BCUT2D eigenvalue weighted by molar-refractivity contribution is -0.690. The summed E-state index contributed by atoms with van der Waals surface area (Å²) in [6, 6.07) is -0.598. The molecule has 1 aromatic rings. The molecule has 116 valence electrons. The summed E-state index contributed by atoms with van der Waals surface area (Å²) < 4.78 is 1.90. The van der Waals surface area contributed by atoms with Gasteiger partial charge in [0.1, 0.15) is 28.5 Å². The number of carboxylic acids is 1. The first kappa shape index (κ1) is 15.0. The van der Waals surface area contributed by atoms with Crippen LogP contribution in [0.5, 0.6) is 0 Å². The second kappa shape index (κ2) is 5.36. The van der Waals surface area contributed by atoms with E-state index in [-0.39, 0.29) is 17.0 Å². The zero-order valence-corrected chi connectivity index (χ0v) is 13.1. The molecule has 1 saturated heterocycles. The smallest absolute Gasteiger partial charge is 0.352 e. The summed E-state index contributed by atoms with van der Waals surface area (Å²) in [6.45, 7) is 4.20. The number of amides is 1. The largest absolute Gasteiger partial charge is 0.477 e. The fraction of sp³-hybridized carbons (Fsp3) is 0.429. The molecule has 1 amide bonds. The molecular weight excluding hydrogens is 304 g/mol. The molecule has 2 aliphatic rings. The molecule has 1 aromatic heterocycles. The van der Waals surface area contributed by atoms with Crippen molar-refractivity contribution in [2.75, 3.05) is 5.75 Å². The first-order valence-electron chi connectivity index (χ1n) is 6.88. The van der Waals surface area contributed by atoms with Crippen molar-refractivity contribution < 1.29 is 19.3 Å². The molecule has 0 aromatic carbocycles. The van der Waals surface area contributed by atoms with E-state index in [1.54, 1.807) is 0 Å². The van der Waals surface area contributed by atoms with Gasteiger partial charge in [0.2, 0.25) is 5.91 Å². The minimum absolute atomic E-state index is 0.0788. The Morgan fingerprint density at radius 2 is 2.14 bits per heavy atom. The molecule has 1 fully saturated rings. The number of hydrogen-bond acceptors (Lipinski definition) is 5. The molecule has 0 bridgehead atoms. The standard InChI is InChI=1S/C14H16N4O3S/c1-7-3-17(4-8(2)16-7)5-9-6-22-13-10(15)12(19)18(13)11(9)14(20)21/h3-4,10,13H,5-6,15H2,1-2H3/p+1/t10?,13-/m0/s1. The van der Waals surface area contributed by atoms with Gasteiger partial charge in [-0.15, -0.1) is 11.8 Å². The van der Waals surface area contributed by atoms with Gasteiger partial charge in [0.15, 0.2) is 18.9 Å². The van der Waals surface area contributed by atoms with Crippen LogP contribution in [0.25, 0.3) is 0 Å². The number of thioether (sulfide) groups is 1. The van der Waals surface area contributed by atoms with Crippen molar-refractivity contribution in [1.29, 1.82) is 0 Å². The zero-order valence-electron chi connectivity index (χ0n) is 12.3. The van der Waals surface area contributed by atoms with Gasteiger partial charge in [-0.1, -0.05) is 0 Å². The van der Waals surface area contributed by atoms with Crippen molar-refractivity contribution in [2.24, 2.45) is 5.73 Å². The topological polar surface area (TPSA) is 100 Å². The molecule has 8 heteroatoms. The van der Waals surface area contributed by atoms with Gasteiger partial charge < -0.3 is 10.8 Å². The van der Waals surface area contributed by atoms with Gasteiger partial charge in [0, 0.05) is 11.3 Å². The van der Waals surface area contributed by atoms with Crippen LogP contribution in [0.1, 0.15) is 11.4 Å². The van der Waals surface area contributed by atoms with E-state index in [2.05, 4.69) is 4.98 Å². The van der Waals surface area contributed by atoms with Crippen LogP contribution in [-0.4, -0.2) is 44.0 Å². The number of rotatable bonds is 3. The number of nitrogens with two attached hydrogens (primary N) is 1. The van der Waals surface area contributed by atoms with E-state index in [0.29, 0.717) is 17.9 Å². The minimum Gasteiger partial charge on any atom is -0.477 e. The monoisotopic (exact) mass is 321 g/mol. The van der Waals surface area contributed by atoms with Gasteiger partial charge in [0.25, 0.3) is 0 Å². The first-order valence-corrected chi connectivity index (χ1v) is 7.93. The quantitative estimate of drug-likeness (QED) is 0.579. The average molecular weight is 321 g/mol. The third-order valence-electron chi connectivity index (χ3n) is 3.72. The molecule has 0 aliphatic carbocycles. The van der Waals surface area contributed by atoms with E-state index < -0.39 is 12.0 Å².